The van der Waals surface area contributed by atoms with Crippen molar-refractivity contribution in [3.63, 3.8) is 0 Å². The number of hydrogen-bond donors (Lipinski definition) is 4. The molecular weight excluding hydrogens is 844 g/mol. The van der Waals surface area contributed by atoms with Crippen molar-refractivity contribution in [3.8, 4) is 6.07 Å². The van der Waals surface area contributed by atoms with E-state index in [-0.39, 0.29) is 25.0 Å². The number of carbonyl (C=O) groups is 7. The molecule has 3 aromatic carbocycles. The van der Waals surface area contributed by atoms with E-state index in [2.05, 4.69) is 21.3 Å². The van der Waals surface area contributed by atoms with Gasteiger partial charge in [-0.1, -0.05) is 41.9 Å². The number of aromatic nitrogens is 1. The van der Waals surface area contributed by atoms with Crippen LogP contribution in [0.4, 0.5) is 10.5 Å². The minimum Gasteiger partial charge on any atom is -0.460 e. The van der Waals surface area contributed by atoms with E-state index in [1.165, 1.54) is 24.3 Å². The van der Waals surface area contributed by atoms with E-state index < -0.39 is 83.0 Å². The monoisotopic (exact) mass is 898 g/mol. The number of rotatable bonds is 15. The van der Waals surface area contributed by atoms with Crippen molar-refractivity contribution in [2.75, 3.05) is 5.32 Å². The summed E-state index contributed by atoms with van der Waals surface area (Å²) >= 11 is 6.26. The van der Waals surface area contributed by atoms with Crippen molar-refractivity contribution >= 4 is 69.9 Å². The van der Waals surface area contributed by atoms with Crippen molar-refractivity contribution in [1.82, 2.24) is 20.5 Å². The van der Waals surface area contributed by atoms with Crippen molar-refractivity contribution in [2.45, 2.75) is 123 Å². The molecule has 0 fully saturated rings. The summed E-state index contributed by atoms with van der Waals surface area (Å²) < 4.78 is 17.6. The molecule has 0 radical (unpaired) electrons. The van der Waals surface area contributed by atoms with Crippen LogP contribution in [0, 0.1) is 11.3 Å². The fourth-order valence-electron chi connectivity index (χ4n) is 6.23. The standard InChI is InChI=1S/C47H55ClN6O10/c1-45(2,3)62-38(55)22-20-33(40(57)50-32-13-11-10-12-14-32)51-42(59)35(26-39(56)63-46(4,5)6)52-41(58)34(23-28-15-17-29(27-49)18-16-28)53-43(60)37-25-30-24-31(48)19-21-36(30)54(37)44(61)64-47(7,8)9/h10-19,21,24-25,33-35H,20,22-23,26H2,1-9H3,(H,50,57)(H,51,59)(H,52,58)(H,53,60)/t33-,34-,35-/m0/s1. The van der Waals surface area contributed by atoms with E-state index in [1.807, 2.05) is 6.07 Å². The van der Waals surface area contributed by atoms with Gasteiger partial charge in [0.25, 0.3) is 5.91 Å². The maximum absolute atomic E-state index is 14.5. The quantitative estimate of drug-likeness (QED) is 0.0721. The second kappa shape index (κ2) is 21.1. The third-order valence-electron chi connectivity index (χ3n) is 8.87. The molecule has 0 aliphatic heterocycles. The Kier molecular flexibility index (Phi) is 16.5. The highest BCUT2D eigenvalue weighted by molar-refractivity contribution is 6.31. The Morgan fingerprint density at radius 1 is 0.672 bits per heavy atom. The van der Waals surface area contributed by atoms with Gasteiger partial charge in [0.2, 0.25) is 17.7 Å². The second-order valence-electron chi connectivity index (χ2n) is 18.0. The van der Waals surface area contributed by atoms with Crippen LogP contribution in [0.25, 0.3) is 10.9 Å². The number of benzene rings is 3. The van der Waals surface area contributed by atoms with E-state index in [0.717, 1.165) is 4.57 Å². The number of anilines is 1. The van der Waals surface area contributed by atoms with Gasteiger partial charge >= 0.3 is 18.0 Å². The summed E-state index contributed by atoms with van der Waals surface area (Å²) in [5.41, 5.74) is -1.45. The van der Waals surface area contributed by atoms with E-state index in [9.17, 15) is 38.8 Å². The molecule has 1 heterocycles. The number of nitrogens with zero attached hydrogens (tertiary/aromatic N) is 2. The zero-order valence-corrected chi connectivity index (χ0v) is 38.2. The minimum atomic E-state index is -1.69. The molecule has 64 heavy (non-hydrogen) atoms. The SMILES string of the molecule is CC(C)(C)OC(=O)CC[C@H](NC(=O)[C@H](CC(=O)OC(C)(C)C)NC(=O)[C@H](Cc1ccc(C#N)cc1)NC(=O)c1cc2cc(Cl)ccc2n1C(=O)OC(C)(C)C)C(=O)Nc1ccccc1. The van der Waals surface area contributed by atoms with Crippen LogP contribution in [0.2, 0.25) is 5.02 Å². The van der Waals surface area contributed by atoms with Gasteiger partial charge in [-0.3, -0.25) is 28.8 Å². The van der Waals surface area contributed by atoms with Gasteiger partial charge in [-0.15, -0.1) is 0 Å². The molecule has 0 saturated carbocycles. The Morgan fingerprint density at radius 3 is 1.84 bits per heavy atom. The first-order valence-corrected chi connectivity index (χ1v) is 20.9. The number of para-hydroxylation sites is 1. The van der Waals surface area contributed by atoms with Crippen molar-refractivity contribution in [3.05, 3.63) is 101 Å². The van der Waals surface area contributed by atoms with Gasteiger partial charge in [0, 0.05) is 28.9 Å². The lowest BCUT2D eigenvalue weighted by molar-refractivity contribution is -0.156. The molecule has 3 atom stereocenters. The maximum Gasteiger partial charge on any atom is 0.419 e. The van der Waals surface area contributed by atoms with E-state index >= 15 is 0 Å². The summed E-state index contributed by atoms with van der Waals surface area (Å²) in [6, 6.07) is 18.1. The zero-order chi connectivity index (χ0) is 47.6. The Balaban J connectivity index is 1.72. The highest BCUT2D eigenvalue weighted by atomic mass is 35.5. The van der Waals surface area contributed by atoms with Gasteiger partial charge in [0.15, 0.2) is 0 Å². The van der Waals surface area contributed by atoms with Gasteiger partial charge in [-0.05, 0) is 123 Å². The number of esters is 2. The molecule has 4 aromatic rings. The normalized spacial score (nSPS) is 13.0. The van der Waals surface area contributed by atoms with E-state index in [4.69, 9.17) is 25.8 Å². The molecular formula is C47H55ClN6O10. The average molecular weight is 899 g/mol. The summed E-state index contributed by atoms with van der Waals surface area (Å²) in [6.07, 6.45) is -2.28. The molecule has 16 nitrogen and oxygen atoms in total. The second-order valence-corrected chi connectivity index (χ2v) is 18.4. The molecule has 0 aliphatic carbocycles. The molecule has 0 spiro atoms. The summed E-state index contributed by atoms with van der Waals surface area (Å²) in [7, 11) is 0. The number of carbonyl (C=O) groups excluding carboxylic acids is 7. The van der Waals surface area contributed by atoms with Crippen LogP contribution < -0.4 is 21.3 Å². The molecule has 0 aliphatic rings. The van der Waals surface area contributed by atoms with Crippen LogP contribution >= 0.6 is 11.6 Å². The molecule has 0 unspecified atom stereocenters. The Hall–Kier alpha value is -6.73. The zero-order valence-electron chi connectivity index (χ0n) is 37.4. The minimum absolute atomic E-state index is 0.194. The van der Waals surface area contributed by atoms with Crippen molar-refractivity contribution < 1.29 is 47.8 Å². The predicted octanol–water partition coefficient (Wildman–Crippen LogP) is 6.75. The Bertz CT molecular complexity index is 2400. The van der Waals surface area contributed by atoms with E-state index in [1.54, 1.807) is 117 Å². The van der Waals surface area contributed by atoms with Gasteiger partial charge in [-0.2, -0.15) is 5.26 Å². The molecule has 4 N–H and O–H groups in total. The molecule has 4 amide bonds. The third-order valence-corrected chi connectivity index (χ3v) is 9.11. The number of hydrogen-bond acceptors (Lipinski definition) is 11. The van der Waals surface area contributed by atoms with Gasteiger partial charge in [-0.25, -0.2) is 9.36 Å². The first-order valence-electron chi connectivity index (χ1n) is 20.6. The fraction of sp³-hybridized carbons (Fsp3) is 0.404. The summed E-state index contributed by atoms with van der Waals surface area (Å²) in [5, 5.41) is 20.7. The summed E-state index contributed by atoms with van der Waals surface area (Å²) in [4.78, 5) is 96.4. The summed E-state index contributed by atoms with van der Waals surface area (Å²) in [5.74, 6) is -5.02. The molecule has 4 rings (SSSR count). The third kappa shape index (κ3) is 15.6. The topological polar surface area (TPSA) is 224 Å². The Morgan fingerprint density at radius 2 is 1.25 bits per heavy atom. The molecule has 17 heteroatoms. The van der Waals surface area contributed by atoms with Crippen LogP contribution in [0.15, 0.2) is 78.9 Å². The average Bonchev–Trinajstić information content (AvgIpc) is 3.56. The maximum atomic E-state index is 14.5. The van der Waals surface area contributed by atoms with Crippen LogP contribution in [-0.2, 0) is 44.6 Å². The largest absolute Gasteiger partial charge is 0.460 e. The van der Waals surface area contributed by atoms with Crippen LogP contribution in [-0.4, -0.2) is 81.2 Å². The van der Waals surface area contributed by atoms with Crippen LogP contribution in [0.5, 0.6) is 0 Å². The predicted molar refractivity (Wildman–Crippen MR) is 239 cm³/mol. The number of halogens is 1. The smallest absolute Gasteiger partial charge is 0.419 e. The molecule has 340 valence electrons. The van der Waals surface area contributed by atoms with Gasteiger partial charge < -0.3 is 35.5 Å². The molecule has 0 saturated heterocycles. The summed E-state index contributed by atoms with van der Waals surface area (Å²) in [6.45, 7) is 14.9. The lowest BCUT2D eigenvalue weighted by atomic mass is 10.0. The highest BCUT2D eigenvalue weighted by Gasteiger charge is 2.34. The fourth-order valence-corrected chi connectivity index (χ4v) is 6.41. The number of amides is 4. The number of nitriles is 1. The van der Waals surface area contributed by atoms with Gasteiger partial charge in [0.05, 0.1) is 23.6 Å². The van der Waals surface area contributed by atoms with Crippen LogP contribution in [0.3, 0.4) is 0 Å². The molecule has 1 aromatic heterocycles. The van der Waals surface area contributed by atoms with E-state index in [0.29, 0.717) is 32.7 Å². The number of ether oxygens (including phenoxy) is 3. The van der Waals surface area contributed by atoms with Crippen molar-refractivity contribution in [1.29, 1.82) is 5.26 Å². The Labute approximate surface area is 377 Å². The first kappa shape index (κ1) is 49.9. The number of nitrogens with one attached hydrogen (secondary N) is 4. The number of fused-ring (bicyclic) bond motifs is 1. The lowest BCUT2D eigenvalue weighted by Crippen LogP contribution is -2.57. The van der Waals surface area contributed by atoms with Gasteiger partial charge in [0.1, 0.15) is 40.6 Å². The first-order chi connectivity index (χ1) is 29.8. The van der Waals surface area contributed by atoms with Crippen molar-refractivity contribution in [2.24, 2.45) is 0 Å². The van der Waals surface area contributed by atoms with Crippen LogP contribution in [0.1, 0.15) is 103 Å². The molecule has 0 bridgehead atoms. The highest BCUT2D eigenvalue weighted by Crippen LogP contribution is 2.26. The lowest BCUT2D eigenvalue weighted by Gasteiger charge is -2.27.